The van der Waals surface area contributed by atoms with Crippen LogP contribution in [0.2, 0.25) is 0 Å². The molecule has 1 saturated heterocycles. The Morgan fingerprint density at radius 3 is 2.61 bits per heavy atom. The van der Waals surface area contributed by atoms with Crippen LogP contribution in [-0.2, 0) is 32.5 Å². The van der Waals surface area contributed by atoms with Gasteiger partial charge in [0.1, 0.15) is 6.61 Å². The summed E-state index contributed by atoms with van der Waals surface area (Å²) in [6.45, 7) is 3.42. The third kappa shape index (κ3) is 3.95. The summed E-state index contributed by atoms with van der Waals surface area (Å²) in [7, 11) is 1.78. The van der Waals surface area contributed by atoms with Crippen molar-refractivity contribution in [3.8, 4) is 0 Å². The first kappa shape index (κ1) is 29.3. The van der Waals surface area contributed by atoms with Gasteiger partial charge < -0.3 is 30.0 Å². The van der Waals surface area contributed by atoms with Crippen LogP contribution in [0.4, 0.5) is 5.69 Å². The van der Waals surface area contributed by atoms with E-state index in [-0.39, 0.29) is 35.7 Å². The van der Waals surface area contributed by atoms with Crippen LogP contribution >= 0.6 is 0 Å². The molecule has 0 radical (unpaired) electrons. The number of ketones is 3. The van der Waals surface area contributed by atoms with E-state index in [2.05, 4.69) is 6.92 Å². The number of nitrogens with two attached hydrogens (primary N) is 1. The second kappa shape index (κ2) is 10.1. The molecule has 4 fully saturated rings. The minimum atomic E-state index is -1.45. The molecule has 7 rings (SSSR count). The fourth-order valence-electron chi connectivity index (χ4n) is 9.77. The summed E-state index contributed by atoms with van der Waals surface area (Å²) in [5.74, 6) is -0.557. The van der Waals surface area contributed by atoms with Gasteiger partial charge >= 0.3 is 0 Å². The van der Waals surface area contributed by atoms with Gasteiger partial charge in [0, 0.05) is 35.9 Å². The van der Waals surface area contributed by atoms with Gasteiger partial charge in [0.05, 0.1) is 23.6 Å². The maximum absolute atomic E-state index is 13.8. The standard InChI is InChI=1S/C35H40N2O7/c1-33-13-12-22(39)15-20(33)6-9-23-24-16-30-35(29(42)18-38,34(24,2)17-28(41)31(23)33)44-32(43-30)26-11-10-25(37(26)3)27(40)14-19-4-7-21(36)8-5-19/h4-5,7-8,10-13,15,23-24,28,30-32,38,41H,6,9,14,16-18,36H2,1-3H3/t23-,24-,28-,30+,31+,32+,33-,34-,35+/m0/s1. The van der Waals surface area contributed by atoms with Gasteiger partial charge in [-0.1, -0.05) is 37.6 Å². The largest absolute Gasteiger partial charge is 0.399 e. The number of nitrogens with zero attached hydrogens (tertiary/aromatic N) is 1. The van der Waals surface area contributed by atoms with Crippen molar-refractivity contribution in [1.29, 1.82) is 0 Å². The normalized spacial score (nSPS) is 38.8. The number of nitrogen functional groups attached to an aromatic ring is 1. The highest BCUT2D eigenvalue weighted by Gasteiger charge is 2.76. The number of hydrogen-bond donors (Lipinski definition) is 3. The van der Waals surface area contributed by atoms with Crippen molar-refractivity contribution < 1.29 is 34.1 Å². The summed E-state index contributed by atoms with van der Waals surface area (Å²) in [5.41, 5.74) is 6.75. The second-order valence-electron chi connectivity index (χ2n) is 13.9. The van der Waals surface area contributed by atoms with Crippen molar-refractivity contribution in [2.45, 2.75) is 70.1 Å². The Morgan fingerprint density at radius 1 is 1.14 bits per heavy atom. The van der Waals surface area contributed by atoms with Crippen LogP contribution in [0.3, 0.4) is 0 Å². The highest BCUT2D eigenvalue weighted by Crippen LogP contribution is 2.70. The number of aliphatic hydroxyl groups excluding tert-OH is 2. The summed E-state index contributed by atoms with van der Waals surface area (Å²) in [6, 6.07) is 10.7. The number of benzene rings is 1. The van der Waals surface area contributed by atoms with Crippen molar-refractivity contribution in [2.24, 2.45) is 35.6 Å². The lowest BCUT2D eigenvalue weighted by molar-refractivity contribution is -0.202. The minimum Gasteiger partial charge on any atom is -0.399 e. The molecule has 1 aliphatic heterocycles. The van der Waals surface area contributed by atoms with Crippen LogP contribution in [0.1, 0.15) is 67.6 Å². The number of rotatable bonds is 6. The number of hydrogen-bond acceptors (Lipinski definition) is 8. The number of ether oxygens (including phenoxy) is 2. The van der Waals surface area contributed by atoms with Crippen LogP contribution in [0, 0.1) is 28.6 Å². The summed E-state index contributed by atoms with van der Waals surface area (Å²) >= 11 is 0. The van der Waals surface area contributed by atoms with Gasteiger partial charge in [-0.15, -0.1) is 0 Å². The number of aliphatic hydroxyl groups is 2. The predicted molar refractivity (Wildman–Crippen MR) is 161 cm³/mol. The number of Topliss-reactive ketones (excluding diaryl/α,β-unsaturated/α-hetero) is 2. The molecule has 4 N–H and O–H groups in total. The van der Waals surface area contributed by atoms with Crippen LogP contribution in [0.15, 0.2) is 60.2 Å². The summed E-state index contributed by atoms with van der Waals surface area (Å²) in [4.78, 5) is 39.2. The Labute approximate surface area is 256 Å². The number of carbonyl (C=O) groups is 3. The first-order chi connectivity index (χ1) is 20.9. The quantitative estimate of drug-likeness (QED) is 0.337. The van der Waals surface area contributed by atoms with Crippen molar-refractivity contribution in [1.82, 2.24) is 4.57 Å². The molecule has 1 aromatic carbocycles. The molecule has 9 nitrogen and oxygen atoms in total. The van der Waals surface area contributed by atoms with E-state index in [4.69, 9.17) is 15.2 Å². The van der Waals surface area contributed by atoms with E-state index in [0.717, 1.165) is 24.0 Å². The Kier molecular flexibility index (Phi) is 6.72. The Morgan fingerprint density at radius 2 is 1.89 bits per heavy atom. The lowest BCUT2D eigenvalue weighted by atomic mass is 9.46. The van der Waals surface area contributed by atoms with Gasteiger partial charge in [-0.05, 0) is 79.5 Å². The molecule has 0 bridgehead atoms. The Bertz CT molecular complexity index is 1610. The zero-order valence-electron chi connectivity index (χ0n) is 25.4. The molecule has 2 aromatic rings. The van der Waals surface area contributed by atoms with E-state index in [0.29, 0.717) is 29.9 Å². The topological polar surface area (TPSA) is 141 Å². The second-order valence-corrected chi connectivity index (χ2v) is 13.9. The van der Waals surface area contributed by atoms with Crippen molar-refractivity contribution in [2.75, 3.05) is 12.3 Å². The molecular weight excluding hydrogens is 560 g/mol. The smallest absolute Gasteiger partial charge is 0.200 e. The molecule has 9 heteroatoms. The fraction of sp³-hybridized carbons (Fsp3) is 0.514. The third-order valence-corrected chi connectivity index (χ3v) is 11.8. The molecule has 0 unspecified atom stereocenters. The highest BCUT2D eigenvalue weighted by atomic mass is 16.7. The van der Waals surface area contributed by atoms with Crippen molar-refractivity contribution in [3.05, 3.63) is 77.2 Å². The number of carbonyl (C=O) groups excluding carboxylic acids is 3. The monoisotopic (exact) mass is 600 g/mol. The van der Waals surface area contributed by atoms with E-state index < -0.39 is 47.3 Å². The van der Waals surface area contributed by atoms with Gasteiger partial charge in [0.2, 0.25) is 6.29 Å². The maximum Gasteiger partial charge on any atom is 0.200 e. The van der Waals surface area contributed by atoms with Gasteiger partial charge in [-0.25, -0.2) is 0 Å². The average Bonchev–Trinajstić information content (AvgIpc) is 3.63. The van der Waals surface area contributed by atoms with Gasteiger partial charge in [0.25, 0.3) is 0 Å². The third-order valence-electron chi connectivity index (χ3n) is 11.8. The molecule has 9 atom stereocenters. The van der Waals surface area contributed by atoms with Gasteiger partial charge in [0.15, 0.2) is 23.0 Å². The molecular formula is C35H40N2O7. The molecule has 1 aromatic heterocycles. The fourth-order valence-corrected chi connectivity index (χ4v) is 9.77. The zero-order valence-corrected chi connectivity index (χ0v) is 25.4. The molecule has 232 valence electrons. The van der Waals surface area contributed by atoms with Crippen molar-refractivity contribution >= 4 is 23.0 Å². The van der Waals surface area contributed by atoms with Gasteiger partial charge in [-0.3, -0.25) is 14.4 Å². The van der Waals surface area contributed by atoms with E-state index in [9.17, 15) is 24.6 Å². The maximum atomic E-state index is 13.8. The number of allylic oxidation sites excluding steroid dienone is 4. The van der Waals surface area contributed by atoms with Crippen LogP contribution < -0.4 is 5.73 Å². The zero-order chi connectivity index (χ0) is 31.2. The molecule has 3 saturated carbocycles. The number of aromatic nitrogens is 1. The van der Waals surface area contributed by atoms with E-state index in [1.165, 1.54) is 0 Å². The molecule has 5 aliphatic rings. The van der Waals surface area contributed by atoms with Crippen LogP contribution in [0.25, 0.3) is 0 Å². The highest BCUT2D eigenvalue weighted by molar-refractivity contribution is 6.01. The molecule has 0 spiro atoms. The Balaban J connectivity index is 1.19. The van der Waals surface area contributed by atoms with Gasteiger partial charge in [-0.2, -0.15) is 0 Å². The Hall–Kier alpha value is -3.37. The lowest BCUT2D eigenvalue weighted by Gasteiger charge is -2.59. The lowest BCUT2D eigenvalue weighted by Crippen LogP contribution is -2.63. The van der Waals surface area contributed by atoms with Crippen molar-refractivity contribution in [3.63, 3.8) is 0 Å². The van der Waals surface area contributed by atoms with E-state index >= 15 is 0 Å². The summed E-state index contributed by atoms with van der Waals surface area (Å²) < 4.78 is 15.0. The predicted octanol–water partition coefficient (Wildman–Crippen LogP) is 3.64. The summed E-state index contributed by atoms with van der Waals surface area (Å²) in [6.07, 6.45) is 5.62. The molecule has 0 amide bonds. The van der Waals surface area contributed by atoms with Crippen LogP contribution in [0.5, 0.6) is 0 Å². The average molecular weight is 601 g/mol. The summed E-state index contributed by atoms with van der Waals surface area (Å²) in [5, 5.41) is 22.1. The molecule has 44 heavy (non-hydrogen) atoms. The van der Waals surface area contributed by atoms with E-state index in [1.54, 1.807) is 48.0 Å². The number of fused-ring (bicyclic) bond motifs is 7. The first-order valence-corrected chi connectivity index (χ1v) is 15.6. The first-order valence-electron chi connectivity index (χ1n) is 15.6. The SMILES string of the molecule is Cn1c(C(=O)Cc2ccc(N)cc2)ccc1[C@@H]1O[C@@H]2C[C@H]3[C@@H]4CCC5=CC(=O)C=C[C@]5(C)[C@H]4[C@@H](O)C[C@]3(C)[C@]2(C(=O)CO)O1. The minimum absolute atomic E-state index is 0.00668. The molecule has 2 heterocycles. The van der Waals surface area contributed by atoms with E-state index in [1.807, 2.05) is 25.1 Å². The number of anilines is 1. The molecule has 4 aliphatic carbocycles. The van der Waals surface area contributed by atoms with Crippen LogP contribution in [-0.4, -0.2) is 56.5 Å².